The third-order valence-electron chi connectivity index (χ3n) is 2.09. The normalized spacial score (nSPS) is 9.59. The molecule has 0 bridgehead atoms. The maximum absolute atomic E-state index is 11.6. The Kier molecular flexibility index (Phi) is 7.22. The van der Waals surface area contributed by atoms with Crippen LogP contribution in [0, 0.1) is 6.92 Å². The molecule has 3 nitrogen and oxygen atoms in total. The van der Waals surface area contributed by atoms with E-state index in [9.17, 15) is 4.79 Å². The highest BCUT2D eigenvalue weighted by atomic mass is 16.5. The fraction of sp³-hybridized carbons (Fsp3) is 0.500. The van der Waals surface area contributed by atoms with E-state index in [1.165, 1.54) is 0 Å². The van der Waals surface area contributed by atoms with E-state index in [0.29, 0.717) is 12.1 Å². The molecule has 0 atom stereocenters. The lowest BCUT2D eigenvalue weighted by atomic mass is 10.1. The summed E-state index contributed by atoms with van der Waals surface area (Å²) < 4.78 is 5.12. The number of carbonyl (C=O) groups excluding carboxylic acids is 1. The summed E-state index contributed by atoms with van der Waals surface area (Å²) in [6.07, 6.45) is -0.0916. The predicted molar refractivity (Wildman–Crippen MR) is 73.1 cm³/mol. The number of rotatable bonds is 3. The molecule has 0 heterocycles. The minimum Gasteiger partial charge on any atom is -0.459 e. The van der Waals surface area contributed by atoms with E-state index in [1.54, 1.807) is 6.07 Å². The van der Waals surface area contributed by atoms with Crippen LogP contribution in [0.15, 0.2) is 18.2 Å². The Morgan fingerprint density at radius 2 is 2.00 bits per heavy atom. The molecule has 0 saturated heterocycles. The number of benzene rings is 1. The second kappa shape index (κ2) is 7.85. The van der Waals surface area contributed by atoms with E-state index in [2.05, 4.69) is 0 Å². The van der Waals surface area contributed by atoms with Crippen molar-refractivity contribution in [2.24, 2.45) is 5.73 Å². The Bertz CT molecular complexity index is 365. The first kappa shape index (κ1) is 15.7. The van der Waals surface area contributed by atoms with Gasteiger partial charge >= 0.3 is 5.97 Å². The van der Waals surface area contributed by atoms with Crippen LogP contribution >= 0.6 is 0 Å². The Labute approximate surface area is 105 Å². The number of hydrogen-bond donors (Lipinski definition) is 1. The molecule has 1 rings (SSSR count). The van der Waals surface area contributed by atoms with Gasteiger partial charge < -0.3 is 10.5 Å². The van der Waals surface area contributed by atoms with Crippen molar-refractivity contribution >= 4 is 5.97 Å². The minimum absolute atomic E-state index is 0. The van der Waals surface area contributed by atoms with Crippen molar-refractivity contribution in [2.75, 3.05) is 0 Å². The zero-order valence-electron chi connectivity index (χ0n) is 11.4. The second-order valence-electron chi connectivity index (χ2n) is 3.81. The van der Waals surface area contributed by atoms with Crippen molar-refractivity contribution in [3.05, 3.63) is 34.9 Å². The topological polar surface area (TPSA) is 52.3 Å². The molecule has 0 amide bonds. The van der Waals surface area contributed by atoms with Crippen LogP contribution in [0.1, 0.15) is 50.6 Å². The van der Waals surface area contributed by atoms with Crippen LogP contribution in [-0.2, 0) is 11.3 Å². The predicted octanol–water partition coefficient (Wildman–Crippen LogP) is 3.29. The Morgan fingerprint density at radius 1 is 1.41 bits per heavy atom. The van der Waals surface area contributed by atoms with Gasteiger partial charge in [0.15, 0.2) is 0 Å². The summed E-state index contributed by atoms with van der Waals surface area (Å²) in [6, 6.07) is 5.53. The average Bonchev–Trinajstić information content (AvgIpc) is 2.30. The molecular formula is C14H25NO2. The molecule has 0 aliphatic carbocycles. The minimum atomic E-state index is -0.272. The molecule has 3 heteroatoms. The number of nitrogens with two attached hydrogens (primary N) is 1. The molecule has 0 fully saturated rings. The lowest BCUT2D eigenvalue weighted by Crippen LogP contribution is -2.13. The fourth-order valence-electron chi connectivity index (χ4n) is 1.36. The summed E-state index contributed by atoms with van der Waals surface area (Å²) in [7, 11) is 0. The molecule has 0 unspecified atom stereocenters. The summed E-state index contributed by atoms with van der Waals surface area (Å²) in [5, 5.41) is 0. The molecular weight excluding hydrogens is 214 g/mol. The summed E-state index contributed by atoms with van der Waals surface area (Å²) in [5.41, 5.74) is 8.05. The van der Waals surface area contributed by atoms with E-state index >= 15 is 0 Å². The van der Waals surface area contributed by atoms with Gasteiger partial charge in [0.1, 0.15) is 0 Å². The molecule has 1 aromatic carbocycles. The van der Waals surface area contributed by atoms with Crippen molar-refractivity contribution in [3.8, 4) is 0 Å². The standard InChI is InChI=1S/C12H17NO2.C2H6.H2/c1-8(2)15-12(14)11-5-4-10(7-13)6-9(11)3;1-2;/h4-6,8H,7,13H2,1-3H3;1-2H3;1H. The lowest BCUT2D eigenvalue weighted by molar-refractivity contribution is 0.0377. The van der Waals surface area contributed by atoms with Crippen molar-refractivity contribution in [2.45, 2.75) is 47.3 Å². The van der Waals surface area contributed by atoms with Crippen LogP contribution in [-0.4, -0.2) is 12.1 Å². The lowest BCUT2D eigenvalue weighted by Gasteiger charge is -2.10. The molecule has 0 aromatic heterocycles. The highest BCUT2D eigenvalue weighted by Gasteiger charge is 2.11. The number of carbonyl (C=O) groups is 1. The molecule has 17 heavy (non-hydrogen) atoms. The largest absolute Gasteiger partial charge is 0.459 e. The second-order valence-corrected chi connectivity index (χ2v) is 3.81. The Morgan fingerprint density at radius 3 is 2.41 bits per heavy atom. The first-order chi connectivity index (χ1) is 8.04. The first-order valence-corrected chi connectivity index (χ1v) is 6.05. The van der Waals surface area contributed by atoms with Gasteiger partial charge in [-0.2, -0.15) is 0 Å². The maximum atomic E-state index is 11.6. The van der Waals surface area contributed by atoms with Gasteiger partial charge in [-0.25, -0.2) is 4.79 Å². The molecule has 0 aliphatic rings. The van der Waals surface area contributed by atoms with Crippen LogP contribution in [0.2, 0.25) is 0 Å². The van der Waals surface area contributed by atoms with Gasteiger partial charge in [0.25, 0.3) is 0 Å². The van der Waals surface area contributed by atoms with Crippen LogP contribution in [0.4, 0.5) is 0 Å². The summed E-state index contributed by atoms with van der Waals surface area (Å²) in [4.78, 5) is 11.6. The zero-order valence-corrected chi connectivity index (χ0v) is 11.4. The molecule has 0 radical (unpaired) electrons. The van der Waals surface area contributed by atoms with Gasteiger partial charge in [-0.05, 0) is 38.0 Å². The number of aryl methyl sites for hydroxylation is 1. The summed E-state index contributed by atoms with van der Waals surface area (Å²) in [5.74, 6) is -0.272. The number of esters is 1. The third kappa shape index (κ3) is 5.00. The van der Waals surface area contributed by atoms with E-state index in [-0.39, 0.29) is 13.5 Å². The first-order valence-electron chi connectivity index (χ1n) is 6.05. The average molecular weight is 239 g/mol. The highest BCUT2D eigenvalue weighted by Crippen LogP contribution is 2.12. The summed E-state index contributed by atoms with van der Waals surface area (Å²) >= 11 is 0. The van der Waals surface area contributed by atoms with E-state index in [0.717, 1.165) is 11.1 Å². The zero-order chi connectivity index (χ0) is 13.4. The van der Waals surface area contributed by atoms with E-state index in [4.69, 9.17) is 10.5 Å². The van der Waals surface area contributed by atoms with Crippen LogP contribution in [0.5, 0.6) is 0 Å². The van der Waals surface area contributed by atoms with Crippen molar-refractivity contribution in [1.82, 2.24) is 0 Å². The maximum Gasteiger partial charge on any atom is 0.338 e. The third-order valence-corrected chi connectivity index (χ3v) is 2.09. The van der Waals surface area contributed by atoms with Crippen molar-refractivity contribution < 1.29 is 11.0 Å². The summed E-state index contributed by atoms with van der Waals surface area (Å²) in [6.45, 7) is 10.0. The Hall–Kier alpha value is -1.35. The van der Waals surface area contributed by atoms with Gasteiger partial charge in [0, 0.05) is 7.97 Å². The van der Waals surface area contributed by atoms with Gasteiger partial charge in [-0.1, -0.05) is 26.0 Å². The monoisotopic (exact) mass is 239 g/mol. The van der Waals surface area contributed by atoms with Crippen molar-refractivity contribution in [1.29, 1.82) is 0 Å². The quantitative estimate of drug-likeness (QED) is 0.823. The van der Waals surface area contributed by atoms with Crippen LogP contribution in [0.3, 0.4) is 0 Å². The van der Waals surface area contributed by atoms with Gasteiger partial charge in [0.2, 0.25) is 0 Å². The number of hydrogen-bond acceptors (Lipinski definition) is 3. The number of ether oxygens (including phenoxy) is 1. The molecule has 0 saturated carbocycles. The van der Waals surface area contributed by atoms with Crippen LogP contribution < -0.4 is 5.73 Å². The fourth-order valence-corrected chi connectivity index (χ4v) is 1.36. The van der Waals surface area contributed by atoms with Gasteiger partial charge in [0.05, 0.1) is 11.7 Å². The molecule has 1 aromatic rings. The van der Waals surface area contributed by atoms with Crippen molar-refractivity contribution in [3.63, 3.8) is 0 Å². The van der Waals surface area contributed by atoms with E-state index < -0.39 is 0 Å². The van der Waals surface area contributed by atoms with Gasteiger partial charge in [-0.3, -0.25) is 0 Å². The SMILES string of the molecule is CC.Cc1cc(CN)ccc1C(=O)OC(C)C.[HH]. The molecule has 0 aliphatic heterocycles. The smallest absolute Gasteiger partial charge is 0.338 e. The molecule has 98 valence electrons. The van der Waals surface area contributed by atoms with E-state index in [1.807, 2.05) is 46.8 Å². The van der Waals surface area contributed by atoms with Gasteiger partial charge in [-0.15, -0.1) is 0 Å². The molecule has 0 spiro atoms. The Balaban J connectivity index is 0. The highest BCUT2D eigenvalue weighted by molar-refractivity contribution is 5.91. The molecule has 2 N–H and O–H groups in total. The van der Waals surface area contributed by atoms with Crippen LogP contribution in [0.25, 0.3) is 0 Å².